The monoisotopic (exact) mass is 285 g/mol. The average Bonchev–Trinajstić information content (AvgIpc) is 2.65. The Morgan fingerprint density at radius 2 is 2.42 bits per heavy atom. The van der Waals surface area contributed by atoms with E-state index in [1.807, 2.05) is 12.1 Å². The van der Waals surface area contributed by atoms with Crippen molar-refractivity contribution in [3.8, 4) is 5.75 Å². The van der Waals surface area contributed by atoms with Crippen molar-refractivity contribution in [2.75, 3.05) is 26.4 Å². The number of aliphatic hydroxyl groups is 1. The first kappa shape index (κ1) is 14.6. The topological polar surface area (TPSA) is 50.7 Å². The quantitative estimate of drug-likeness (QED) is 0.890. The van der Waals surface area contributed by atoms with E-state index in [1.54, 1.807) is 13.0 Å². The maximum absolute atomic E-state index is 9.19. The second-order valence-electron chi connectivity index (χ2n) is 4.78. The smallest absolute Gasteiger partial charge is 0.120 e. The Kier molecular flexibility index (Phi) is 5.45. The number of hydrogen-bond acceptors (Lipinski definition) is 4. The van der Waals surface area contributed by atoms with Gasteiger partial charge in [-0.3, -0.25) is 0 Å². The highest BCUT2D eigenvalue weighted by Crippen LogP contribution is 2.28. The molecule has 2 N–H and O–H groups in total. The van der Waals surface area contributed by atoms with Crippen LogP contribution < -0.4 is 10.1 Å². The molecule has 2 atom stereocenters. The molecule has 1 aliphatic rings. The van der Waals surface area contributed by atoms with Crippen molar-refractivity contribution in [2.24, 2.45) is 0 Å². The third kappa shape index (κ3) is 4.35. The Morgan fingerprint density at radius 1 is 1.58 bits per heavy atom. The SMILES string of the molecule is CC(O)COc1ccc(C2COCCCN2)c(Cl)c1. The number of ether oxygens (including phenoxy) is 2. The first-order valence-corrected chi connectivity index (χ1v) is 6.96. The second kappa shape index (κ2) is 7.10. The van der Waals surface area contributed by atoms with Crippen molar-refractivity contribution in [3.05, 3.63) is 28.8 Å². The lowest BCUT2D eigenvalue weighted by atomic mass is 10.1. The van der Waals surface area contributed by atoms with Crippen molar-refractivity contribution < 1.29 is 14.6 Å². The molecule has 106 valence electrons. The molecule has 4 nitrogen and oxygen atoms in total. The lowest BCUT2D eigenvalue weighted by molar-refractivity contribution is 0.122. The van der Waals surface area contributed by atoms with Gasteiger partial charge in [-0.2, -0.15) is 0 Å². The van der Waals surface area contributed by atoms with Gasteiger partial charge in [0.25, 0.3) is 0 Å². The molecule has 0 spiro atoms. The van der Waals surface area contributed by atoms with Crippen LogP contribution in [0, 0.1) is 0 Å². The molecule has 1 fully saturated rings. The fraction of sp³-hybridized carbons (Fsp3) is 0.571. The number of halogens is 1. The molecule has 2 unspecified atom stereocenters. The first-order valence-electron chi connectivity index (χ1n) is 6.58. The lowest BCUT2D eigenvalue weighted by Gasteiger charge is -2.18. The van der Waals surface area contributed by atoms with Crippen LogP contribution in [0.1, 0.15) is 24.9 Å². The predicted octanol–water partition coefficient (Wildman–Crippen LogP) is 2.15. The van der Waals surface area contributed by atoms with Gasteiger partial charge in [-0.05, 0) is 37.6 Å². The summed E-state index contributed by atoms with van der Waals surface area (Å²) < 4.78 is 11.0. The Labute approximate surface area is 118 Å². The van der Waals surface area contributed by atoms with Crippen LogP contribution in [0.2, 0.25) is 5.02 Å². The molecule has 1 aromatic rings. The molecule has 1 heterocycles. The molecule has 5 heteroatoms. The van der Waals surface area contributed by atoms with Gasteiger partial charge in [0.05, 0.1) is 18.8 Å². The van der Waals surface area contributed by atoms with Crippen LogP contribution in [0.4, 0.5) is 0 Å². The largest absolute Gasteiger partial charge is 0.491 e. The minimum absolute atomic E-state index is 0.126. The fourth-order valence-corrected chi connectivity index (χ4v) is 2.31. The van der Waals surface area contributed by atoms with Crippen LogP contribution in [0.3, 0.4) is 0 Å². The molecule has 1 aliphatic heterocycles. The van der Waals surface area contributed by atoms with Gasteiger partial charge in [0, 0.05) is 11.6 Å². The van der Waals surface area contributed by atoms with Crippen LogP contribution in [0.5, 0.6) is 5.75 Å². The van der Waals surface area contributed by atoms with E-state index in [1.165, 1.54) is 0 Å². The number of aliphatic hydroxyl groups excluding tert-OH is 1. The first-order chi connectivity index (χ1) is 9.16. The fourth-order valence-electron chi connectivity index (χ4n) is 2.01. The van der Waals surface area contributed by atoms with Gasteiger partial charge in [0.2, 0.25) is 0 Å². The third-order valence-electron chi connectivity index (χ3n) is 2.98. The van der Waals surface area contributed by atoms with Gasteiger partial charge in [0.15, 0.2) is 0 Å². The third-order valence-corrected chi connectivity index (χ3v) is 3.31. The van der Waals surface area contributed by atoms with Crippen LogP contribution in [-0.4, -0.2) is 37.6 Å². The van der Waals surface area contributed by atoms with Gasteiger partial charge < -0.3 is 19.9 Å². The van der Waals surface area contributed by atoms with Gasteiger partial charge in [-0.1, -0.05) is 17.7 Å². The molecule has 2 rings (SSSR count). The molecule has 0 radical (unpaired) electrons. The molecule has 0 amide bonds. The zero-order valence-corrected chi connectivity index (χ0v) is 11.8. The summed E-state index contributed by atoms with van der Waals surface area (Å²) in [5, 5.41) is 13.3. The van der Waals surface area contributed by atoms with E-state index in [2.05, 4.69) is 5.32 Å². The highest BCUT2D eigenvalue weighted by atomic mass is 35.5. The maximum atomic E-state index is 9.19. The molecular weight excluding hydrogens is 266 g/mol. The predicted molar refractivity (Wildman–Crippen MR) is 74.8 cm³/mol. The van der Waals surface area contributed by atoms with Crippen molar-refractivity contribution >= 4 is 11.6 Å². The van der Waals surface area contributed by atoms with Crippen LogP contribution >= 0.6 is 11.6 Å². The summed E-state index contributed by atoms with van der Waals surface area (Å²) in [5.74, 6) is 0.671. The zero-order chi connectivity index (χ0) is 13.7. The van der Waals surface area contributed by atoms with E-state index < -0.39 is 6.10 Å². The molecule has 0 aliphatic carbocycles. The normalized spacial score (nSPS) is 21.7. The van der Waals surface area contributed by atoms with Gasteiger partial charge >= 0.3 is 0 Å². The Morgan fingerprint density at radius 3 is 3.16 bits per heavy atom. The van der Waals surface area contributed by atoms with E-state index >= 15 is 0 Å². The Balaban J connectivity index is 2.05. The number of hydrogen-bond donors (Lipinski definition) is 2. The molecule has 1 aromatic carbocycles. The lowest BCUT2D eigenvalue weighted by Crippen LogP contribution is -2.23. The molecule has 0 saturated carbocycles. The summed E-state index contributed by atoms with van der Waals surface area (Å²) >= 11 is 6.29. The number of rotatable bonds is 4. The number of benzene rings is 1. The maximum Gasteiger partial charge on any atom is 0.120 e. The highest BCUT2D eigenvalue weighted by molar-refractivity contribution is 6.31. The number of nitrogens with one attached hydrogen (secondary N) is 1. The van der Waals surface area contributed by atoms with Gasteiger partial charge in [0.1, 0.15) is 12.4 Å². The van der Waals surface area contributed by atoms with Crippen LogP contribution in [0.15, 0.2) is 18.2 Å². The summed E-state index contributed by atoms with van der Waals surface area (Å²) in [6, 6.07) is 5.73. The van der Waals surface area contributed by atoms with Crippen molar-refractivity contribution in [1.82, 2.24) is 5.32 Å². The minimum Gasteiger partial charge on any atom is -0.491 e. The second-order valence-corrected chi connectivity index (χ2v) is 5.19. The van der Waals surface area contributed by atoms with E-state index in [4.69, 9.17) is 21.1 Å². The summed E-state index contributed by atoms with van der Waals surface area (Å²) in [6.07, 6.45) is 0.527. The summed E-state index contributed by atoms with van der Waals surface area (Å²) in [5.41, 5.74) is 1.02. The Bertz CT molecular complexity index is 404. The van der Waals surface area contributed by atoms with Crippen LogP contribution in [0.25, 0.3) is 0 Å². The van der Waals surface area contributed by atoms with Crippen molar-refractivity contribution in [2.45, 2.75) is 25.5 Å². The molecular formula is C14H20ClNO3. The van der Waals surface area contributed by atoms with Crippen molar-refractivity contribution in [1.29, 1.82) is 0 Å². The summed E-state index contributed by atoms with van der Waals surface area (Å²) in [7, 11) is 0. The average molecular weight is 286 g/mol. The highest BCUT2D eigenvalue weighted by Gasteiger charge is 2.17. The summed E-state index contributed by atoms with van der Waals surface area (Å²) in [6.45, 7) is 4.30. The van der Waals surface area contributed by atoms with Crippen LogP contribution in [-0.2, 0) is 4.74 Å². The minimum atomic E-state index is -0.490. The van der Waals surface area contributed by atoms with Gasteiger partial charge in [-0.15, -0.1) is 0 Å². The zero-order valence-electron chi connectivity index (χ0n) is 11.1. The molecule has 0 aromatic heterocycles. The van der Waals surface area contributed by atoms with E-state index in [0.717, 1.165) is 25.1 Å². The summed E-state index contributed by atoms with van der Waals surface area (Å²) in [4.78, 5) is 0. The van der Waals surface area contributed by atoms with Crippen molar-refractivity contribution in [3.63, 3.8) is 0 Å². The van der Waals surface area contributed by atoms with Gasteiger partial charge in [-0.25, -0.2) is 0 Å². The molecule has 0 bridgehead atoms. The molecule has 1 saturated heterocycles. The standard InChI is InChI=1S/C14H20ClNO3/c1-10(17)8-19-11-3-4-12(13(15)7-11)14-9-18-6-2-5-16-14/h3-4,7,10,14,16-17H,2,5-6,8-9H2,1H3. The Hall–Kier alpha value is -0.810. The van der Waals surface area contributed by atoms with E-state index in [0.29, 0.717) is 17.4 Å². The van der Waals surface area contributed by atoms with E-state index in [9.17, 15) is 5.11 Å². The van der Waals surface area contributed by atoms with E-state index in [-0.39, 0.29) is 12.6 Å². The molecule has 19 heavy (non-hydrogen) atoms.